The Morgan fingerprint density at radius 1 is 1.00 bits per heavy atom. The third-order valence-corrected chi connectivity index (χ3v) is 5.04. The summed E-state index contributed by atoms with van der Waals surface area (Å²) in [4.78, 5) is 44.6. The van der Waals surface area contributed by atoms with Crippen LogP contribution in [0.5, 0.6) is 11.5 Å². The Morgan fingerprint density at radius 2 is 1.73 bits per heavy atom. The smallest absolute Gasteiger partial charge is 0.339 e. The summed E-state index contributed by atoms with van der Waals surface area (Å²) in [6.45, 7) is 0. The van der Waals surface area contributed by atoms with E-state index in [0.29, 0.717) is 22.8 Å². The Labute approximate surface area is 171 Å². The minimum absolute atomic E-state index is 0.103. The lowest BCUT2D eigenvalue weighted by Gasteiger charge is -2.18. The van der Waals surface area contributed by atoms with E-state index >= 15 is 0 Å². The average molecular weight is 410 g/mol. The van der Waals surface area contributed by atoms with Crippen molar-refractivity contribution in [2.24, 2.45) is 11.1 Å². The Balaban J connectivity index is 1.72. The molecule has 0 N–H and O–H groups in total. The van der Waals surface area contributed by atoms with E-state index in [0.717, 1.165) is 4.90 Å². The molecule has 30 heavy (non-hydrogen) atoms. The molecule has 1 fully saturated rings. The van der Waals surface area contributed by atoms with Crippen LogP contribution in [0.25, 0.3) is 0 Å². The number of methoxy groups -OCH3 is 3. The number of hydrogen-bond acceptors (Lipinski definition) is 8. The number of imide groups is 1. The summed E-state index contributed by atoms with van der Waals surface area (Å²) >= 11 is 0. The Hall–Kier alpha value is -3.88. The number of nitrogens with zero attached hydrogens (tertiary/aromatic N) is 2. The second-order valence-electron chi connectivity index (χ2n) is 6.57. The summed E-state index contributed by atoms with van der Waals surface area (Å²) < 4.78 is 15.3. The molecule has 9 heteroatoms. The van der Waals surface area contributed by atoms with Crippen LogP contribution >= 0.6 is 0 Å². The van der Waals surface area contributed by atoms with E-state index in [2.05, 4.69) is 5.16 Å². The number of carbonyl (C=O) groups excluding carboxylic acids is 3. The third kappa shape index (κ3) is 2.86. The van der Waals surface area contributed by atoms with Gasteiger partial charge in [-0.2, -0.15) is 0 Å². The van der Waals surface area contributed by atoms with Gasteiger partial charge in [0.2, 0.25) is 12.0 Å². The maximum absolute atomic E-state index is 13.3. The number of hydrogen-bond donors (Lipinski definition) is 0. The van der Waals surface area contributed by atoms with Crippen molar-refractivity contribution in [3.05, 3.63) is 53.6 Å². The molecular formula is C21H18N2O7. The number of ether oxygens (including phenoxy) is 3. The first-order valence-electron chi connectivity index (χ1n) is 9.03. The number of fused-ring (bicyclic) bond motifs is 1. The molecule has 2 unspecified atom stereocenters. The van der Waals surface area contributed by atoms with Crippen molar-refractivity contribution >= 4 is 29.2 Å². The van der Waals surface area contributed by atoms with E-state index < -0.39 is 29.8 Å². The largest absolute Gasteiger partial charge is 0.493 e. The summed E-state index contributed by atoms with van der Waals surface area (Å²) in [7, 11) is 4.24. The molecule has 0 saturated carbocycles. The Morgan fingerprint density at radius 3 is 2.43 bits per heavy atom. The van der Waals surface area contributed by atoms with Crippen molar-refractivity contribution in [1.29, 1.82) is 0 Å². The first-order chi connectivity index (χ1) is 14.5. The van der Waals surface area contributed by atoms with Gasteiger partial charge in [0.05, 0.1) is 32.6 Å². The van der Waals surface area contributed by atoms with Gasteiger partial charge < -0.3 is 19.0 Å². The summed E-state index contributed by atoms with van der Waals surface area (Å²) in [5.74, 6) is -1.77. The number of esters is 1. The SMILES string of the molecule is COC(=O)c1ccccc1N1C(=O)C2ON=C(c3ccc(OC)c(OC)c3)C2C1=O. The molecule has 2 aromatic carbocycles. The highest BCUT2D eigenvalue weighted by molar-refractivity contribution is 6.33. The van der Waals surface area contributed by atoms with Crippen molar-refractivity contribution < 1.29 is 33.4 Å². The molecule has 2 amide bonds. The van der Waals surface area contributed by atoms with Gasteiger partial charge in [-0.15, -0.1) is 0 Å². The van der Waals surface area contributed by atoms with E-state index in [1.807, 2.05) is 0 Å². The van der Waals surface area contributed by atoms with Gasteiger partial charge in [0.25, 0.3) is 5.91 Å². The number of oxime groups is 1. The van der Waals surface area contributed by atoms with Crippen molar-refractivity contribution in [1.82, 2.24) is 0 Å². The van der Waals surface area contributed by atoms with Crippen LogP contribution in [0.15, 0.2) is 47.6 Å². The Bertz CT molecular complexity index is 1080. The van der Waals surface area contributed by atoms with Gasteiger partial charge in [-0.25, -0.2) is 9.69 Å². The monoisotopic (exact) mass is 410 g/mol. The molecule has 2 aliphatic rings. The first-order valence-corrected chi connectivity index (χ1v) is 9.03. The van der Waals surface area contributed by atoms with Crippen LogP contribution in [-0.2, 0) is 19.2 Å². The number of amides is 2. The lowest BCUT2D eigenvalue weighted by atomic mass is 9.94. The van der Waals surface area contributed by atoms with E-state index in [-0.39, 0.29) is 11.3 Å². The van der Waals surface area contributed by atoms with Crippen molar-refractivity contribution in [3.8, 4) is 11.5 Å². The predicted molar refractivity (Wildman–Crippen MR) is 105 cm³/mol. The van der Waals surface area contributed by atoms with E-state index in [1.165, 1.54) is 33.5 Å². The van der Waals surface area contributed by atoms with Crippen LogP contribution in [-0.4, -0.2) is 50.9 Å². The van der Waals surface area contributed by atoms with Crippen molar-refractivity contribution in [3.63, 3.8) is 0 Å². The molecule has 0 bridgehead atoms. The molecule has 9 nitrogen and oxygen atoms in total. The summed E-state index contributed by atoms with van der Waals surface area (Å²) in [6.07, 6.45) is -1.11. The van der Waals surface area contributed by atoms with E-state index in [9.17, 15) is 14.4 Å². The third-order valence-electron chi connectivity index (χ3n) is 5.04. The Kier molecular flexibility index (Phi) is 4.86. The second-order valence-corrected chi connectivity index (χ2v) is 6.57. The molecule has 0 spiro atoms. The fourth-order valence-corrected chi connectivity index (χ4v) is 3.60. The molecule has 2 heterocycles. The normalized spacial score (nSPS) is 19.8. The summed E-state index contributed by atoms with van der Waals surface area (Å²) in [6, 6.07) is 11.3. The highest BCUT2D eigenvalue weighted by atomic mass is 16.7. The van der Waals surface area contributed by atoms with Crippen LogP contribution in [0.2, 0.25) is 0 Å². The number of rotatable bonds is 5. The van der Waals surface area contributed by atoms with Gasteiger partial charge in [0, 0.05) is 5.56 Å². The van der Waals surface area contributed by atoms with Crippen LogP contribution in [0.3, 0.4) is 0 Å². The van der Waals surface area contributed by atoms with E-state index in [1.54, 1.807) is 30.3 Å². The van der Waals surface area contributed by atoms with Crippen molar-refractivity contribution in [2.75, 3.05) is 26.2 Å². The minimum atomic E-state index is -1.11. The lowest BCUT2D eigenvalue weighted by Crippen LogP contribution is -2.34. The molecule has 4 rings (SSSR count). The number of anilines is 1. The molecule has 154 valence electrons. The van der Waals surface area contributed by atoms with Crippen LogP contribution in [0.4, 0.5) is 5.69 Å². The molecule has 1 saturated heterocycles. The van der Waals surface area contributed by atoms with Gasteiger partial charge in [0.15, 0.2) is 11.5 Å². The molecule has 2 aliphatic heterocycles. The van der Waals surface area contributed by atoms with Gasteiger partial charge >= 0.3 is 5.97 Å². The molecule has 0 aromatic heterocycles. The summed E-state index contributed by atoms with van der Waals surface area (Å²) in [5, 5.41) is 3.98. The van der Waals surface area contributed by atoms with E-state index in [4.69, 9.17) is 19.0 Å². The molecule has 0 aliphatic carbocycles. The van der Waals surface area contributed by atoms with Gasteiger partial charge in [-0.3, -0.25) is 9.59 Å². The van der Waals surface area contributed by atoms with Crippen LogP contribution in [0, 0.1) is 5.92 Å². The molecular weight excluding hydrogens is 392 g/mol. The van der Waals surface area contributed by atoms with Crippen LogP contribution < -0.4 is 14.4 Å². The molecule has 2 aromatic rings. The first kappa shape index (κ1) is 19.4. The lowest BCUT2D eigenvalue weighted by molar-refractivity contribution is -0.126. The van der Waals surface area contributed by atoms with Gasteiger partial charge in [-0.05, 0) is 30.3 Å². The maximum atomic E-state index is 13.3. The quantitative estimate of drug-likeness (QED) is 0.547. The average Bonchev–Trinajstić information content (AvgIpc) is 3.32. The zero-order chi connectivity index (χ0) is 21.4. The molecule has 2 atom stereocenters. The maximum Gasteiger partial charge on any atom is 0.339 e. The zero-order valence-electron chi connectivity index (χ0n) is 16.4. The fourth-order valence-electron chi connectivity index (χ4n) is 3.60. The minimum Gasteiger partial charge on any atom is -0.493 e. The standard InChI is InChI=1S/C21H18N2O7/c1-27-14-9-8-11(10-15(14)28-2)17-16-18(30-22-17)20(25)23(19(16)24)13-7-5-4-6-12(13)21(26)29-3/h4-10,16,18H,1-3H3. The highest BCUT2D eigenvalue weighted by Gasteiger charge is 2.56. The topological polar surface area (TPSA) is 104 Å². The number of carbonyl (C=O) groups is 3. The zero-order valence-corrected chi connectivity index (χ0v) is 16.4. The summed E-state index contributed by atoms with van der Waals surface area (Å²) in [5.41, 5.74) is 1.11. The van der Waals surface area contributed by atoms with Crippen LogP contribution in [0.1, 0.15) is 15.9 Å². The predicted octanol–water partition coefficient (Wildman–Crippen LogP) is 1.78. The van der Waals surface area contributed by atoms with Crippen molar-refractivity contribution in [2.45, 2.75) is 6.10 Å². The molecule has 0 radical (unpaired) electrons. The van der Waals surface area contributed by atoms with Gasteiger partial charge in [-0.1, -0.05) is 17.3 Å². The number of para-hydroxylation sites is 1. The highest BCUT2D eigenvalue weighted by Crippen LogP contribution is 2.38. The second kappa shape index (κ2) is 7.51. The number of benzene rings is 2. The van der Waals surface area contributed by atoms with Gasteiger partial charge in [0.1, 0.15) is 11.6 Å². The fraction of sp³-hybridized carbons (Fsp3) is 0.238.